The number of pyridine rings is 1. The minimum atomic E-state index is -0.369. The summed E-state index contributed by atoms with van der Waals surface area (Å²) in [5, 5.41) is 15.8. The fraction of sp³-hybridized carbons (Fsp3) is 0.357. The first-order valence-electron chi connectivity index (χ1n) is 6.48. The van der Waals surface area contributed by atoms with Crippen LogP contribution in [-0.4, -0.2) is 28.5 Å². The Hall–Kier alpha value is -1.82. The van der Waals surface area contributed by atoms with Gasteiger partial charge in [-0.1, -0.05) is 0 Å². The van der Waals surface area contributed by atoms with Gasteiger partial charge in [0.25, 0.3) is 5.69 Å². The quantitative estimate of drug-likeness (QED) is 0.478. The van der Waals surface area contributed by atoms with Gasteiger partial charge in [0.2, 0.25) is 0 Å². The van der Waals surface area contributed by atoms with Gasteiger partial charge in [-0.05, 0) is 37.0 Å². The maximum Gasteiger partial charge on any atom is 0.278 e. The van der Waals surface area contributed by atoms with Crippen LogP contribution >= 0.6 is 11.8 Å². The van der Waals surface area contributed by atoms with Gasteiger partial charge in [0.05, 0.1) is 10.3 Å². The number of hydrogen-bond donors (Lipinski definition) is 1. The molecule has 0 amide bonds. The molecule has 0 aliphatic heterocycles. The molecule has 20 heavy (non-hydrogen) atoms. The van der Waals surface area contributed by atoms with Gasteiger partial charge in [-0.15, -0.1) is 0 Å². The largest absolute Gasteiger partial charge is 0.385 e. The van der Waals surface area contributed by atoms with E-state index in [1.165, 1.54) is 12.5 Å². The maximum absolute atomic E-state index is 11.0. The number of benzene rings is 1. The van der Waals surface area contributed by atoms with Gasteiger partial charge in [-0.25, -0.2) is 0 Å². The van der Waals surface area contributed by atoms with Crippen molar-refractivity contribution < 1.29 is 4.92 Å². The zero-order valence-electron chi connectivity index (χ0n) is 11.3. The molecule has 0 bridgehead atoms. The molecule has 1 heterocycles. The Labute approximate surface area is 121 Å². The number of rotatable bonds is 7. The molecule has 0 fully saturated rings. The summed E-state index contributed by atoms with van der Waals surface area (Å²) in [6.07, 6.45) is 7.56. The Morgan fingerprint density at radius 1 is 1.30 bits per heavy atom. The molecule has 0 atom stereocenters. The molecule has 0 aliphatic rings. The SMILES string of the molecule is CSCCCCNc1ccc([N+](=O)[O-])c2cnccc12. The average molecular weight is 291 g/mol. The fourth-order valence-corrected chi connectivity index (χ4v) is 2.58. The molecule has 0 aliphatic carbocycles. The summed E-state index contributed by atoms with van der Waals surface area (Å²) in [6, 6.07) is 5.12. The van der Waals surface area contributed by atoms with Crippen molar-refractivity contribution in [2.75, 3.05) is 23.9 Å². The molecule has 6 heteroatoms. The summed E-state index contributed by atoms with van der Waals surface area (Å²) in [4.78, 5) is 14.6. The molecule has 2 aromatic rings. The van der Waals surface area contributed by atoms with Crippen LogP contribution in [0.1, 0.15) is 12.8 Å². The van der Waals surface area contributed by atoms with Gasteiger partial charge in [0, 0.05) is 36.1 Å². The molecule has 0 unspecified atom stereocenters. The summed E-state index contributed by atoms with van der Waals surface area (Å²) in [6.45, 7) is 0.871. The summed E-state index contributed by atoms with van der Waals surface area (Å²) >= 11 is 1.84. The van der Waals surface area contributed by atoms with Crippen molar-refractivity contribution in [1.82, 2.24) is 4.98 Å². The minimum absolute atomic E-state index is 0.0982. The monoisotopic (exact) mass is 291 g/mol. The van der Waals surface area contributed by atoms with E-state index in [9.17, 15) is 10.1 Å². The van der Waals surface area contributed by atoms with E-state index >= 15 is 0 Å². The zero-order valence-corrected chi connectivity index (χ0v) is 12.2. The lowest BCUT2D eigenvalue weighted by atomic mass is 10.1. The lowest BCUT2D eigenvalue weighted by molar-refractivity contribution is -0.383. The first-order valence-corrected chi connectivity index (χ1v) is 7.87. The molecule has 1 aromatic heterocycles. The fourth-order valence-electron chi connectivity index (χ4n) is 2.08. The smallest absolute Gasteiger partial charge is 0.278 e. The van der Waals surface area contributed by atoms with E-state index < -0.39 is 0 Å². The minimum Gasteiger partial charge on any atom is -0.385 e. The van der Waals surface area contributed by atoms with Crippen molar-refractivity contribution in [3.8, 4) is 0 Å². The van der Waals surface area contributed by atoms with Crippen LogP contribution in [0.25, 0.3) is 10.8 Å². The van der Waals surface area contributed by atoms with Crippen molar-refractivity contribution in [3.63, 3.8) is 0 Å². The Morgan fingerprint density at radius 3 is 2.90 bits per heavy atom. The summed E-state index contributed by atoms with van der Waals surface area (Å²) in [7, 11) is 0. The molecule has 1 aromatic carbocycles. The summed E-state index contributed by atoms with van der Waals surface area (Å²) < 4.78 is 0. The second kappa shape index (κ2) is 7.09. The van der Waals surface area contributed by atoms with E-state index in [0.29, 0.717) is 5.39 Å². The normalized spacial score (nSPS) is 10.7. The average Bonchev–Trinajstić information content (AvgIpc) is 2.46. The lowest BCUT2D eigenvalue weighted by Gasteiger charge is -2.09. The first-order chi connectivity index (χ1) is 9.74. The van der Waals surface area contributed by atoms with Gasteiger partial charge >= 0.3 is 0 Å². The van der Waals surface area contributed by atoms with Gasteiger partial charge in [0.1, 0.15) is 0 Å². The van der Waals surface area contributed by atoms with Crippen LogP contribution in [0.2, 0.25) is 0 Å². The van der Waals surface area contributed by atoms with Crippen LogP contribution in [-0.2, 0) is 0 Å². The molecule has 0 radical (unpaired) electrons. The summed E-state index contributed by atoms with van der Waals surface area (Å²) in [5.41, 5.74) is 1.03. The molecule has 0 saturated carbocycles. The second-order valence-corrected chi connectivity index (χ2v) is 5.42. The number of nitrogens with one attached hydrogen (secondary N) is 1. The van der Waals surface area contributed by atoms with Crippen LogP contribution in [0.5, 0.6) is 0 Å². The van der Waals surface area contributed by atoms with Crippen molar-refractivity contribution in [3.05, 3.63) is 40.7 Å². The number of unbranched alkanes of at least 4 members (excludes halogenated alkanes) is 1. The second-order valence-electron chi connectivity index (χ2n) is 4.44. The van der Waals surface area contributed by atoms with E-state index in [1.807, 2.05) is 17.8 Å². The topological polar surface area (TPSA) is 68.1 Å². The Bertz CT molecular complexity index is 604. The highest BCUT2D eigenvalue weighted by molar-refractivity contribution is 7.98. The van der Waals surface area contributed by atoms with Crippen LogP contribution < -0.4 is 5.32 Å². The Kier molecular flexibility index (Phi) is 5.17. The zero-order chi connectivity index (χ0) is 14.4. The van der Waals surface area contributed by atoms with Gasteiger partial charge in [-0.3, -0.25) is 15.1 Å². The van der Waals surface area contributed by atoms with Gasteiger partial charge in [0.15, 0.2) is 0 Å². The number of anilines is 1. The molecule has 5 nitrogen and oxygen atoms in total. The number of nitro groups is 1. The number of thioether (sulfide) groups is 1. The number of aromatic nitrogens is 1. The molecule has 0 saturated heterocycles. The van der Waals surface area contributed by atoms with Crippen molar-refractivity contribution in [2.24, 2.45) is 0 Å². The van der Waals surface area contributed by atoms with E-state index in [1.54, 1.807) is 18.5 Å². The van der Waals surface area contributed by atoms with E-state index in [0.717, 1.165) is 29.8 Å². The Balaban J connectivity index is 2.18. The number of nitro benzene ring substituents is 1. The van der Waals surface area contributed by atoms with Crippen LogP contribution in [0.4, 0.5) is 11.4 Å². The molecule has 1 N–H and O–H groups in total. The predicted molar refractivity (Wildman–Crippen MR) is 84.5 cm³/mol. The van der Waals surface area contributed by atoms with Crippen LogP contribution in [0, 0.1) is 10.1 Å². The van der Waals surface area contributed by atoms with E-state index in [-0.39, 0.29) is 10.6 Å². The predicted octanol–water partition coefficient (Wildman–Crippen LogP) is 3.70. The molecule has 2 rings (SSSR count). The molecule has 106 valence electrons. The number of non-ortho nitro benzene ring substituents is 1. The van der Waals surface area contributed by atoms with Gasteiger partial charge < -0.3 is 5.32 Å². The van der Waals surface area contributed by atoms with E-state index in [2.05, 4.69) is 16.6 Å². The number of hydrogen-bond acceptors (Lipinski definition) is 5. The molecular formula is C14H17N3O2S. The molecular weight excluding hydrogens is 274 g/mol. The Morgan fingerprint density at radius 2 is 2.15 bits per heavy atom. The standard InChI is InChI=1S/C14H17N3O2S/c1-20-9-3-2-7-16-13-4-5-14(17(18)19)12-10-15-8-6-11(12)13/h4-6,8,10,16H,2-3,7,9H2,1H3. The van der Waals surface area contributed by atoms with E-state index in [4.69, 9.17) is 0 Å². The van der Waals surface area contributed by atoms with Crippen LogP contribution in [0.15, 0.2) is 30.6 Å². The third-order valence-corrected chi connectivity index (χ3v) is 3.78. The number of fused-ring (bicyclic) bond motifs is 1. The lowest BCUT2D eigenvalue weighted by Crippen LogP contribution is -2.03. The van der Waals surface area contributed by atoms with Crippen molar-refractivity contribution in [1.29, 1.82) is 0 Å². The summed E-state index contributed by atoms with van der Waals surface area (Å²) in [5.74, 6) is 1.16. The third-order valence-electron chi connectivity index (χ3n) is 3.08. The highest BCUT2D eigenvalue weighted by Gasteiger charge is 2.13. The number of nitrogens with zero attached hydrogens (tertiary/aromatic N) is 2. The van der Waals surface area contributed by atoms with Crippen LogP contribution in [0.3, 0.4) is 0 Å². The highest BCUT2D eigenvalue weighted by atomic mass is 32.2. The van der Waals surface area contributed by atoms with Crippen molar-refractivity contribution >= 4 is 33.9 Å². The highest BCUT2D eigenvalue weighted by Crippen LogP contribution is 2.30. The first kappa shape index (κ1) is 14.6. The van der Waals surface area contributed by atoms with Gasteiger partial charge in [-0.2, -0.15) is 11.8 Å². The molecule has 0 spiro atoms. The van der Waals surface area contributed by atoms with Crippen molar-refractivity contribution in [2.45, 2.75) is 12.8 Å². The third kappa shape index (κ3) is 3.39. The maximum atomic E-state index is 11.0.